The van der Waals surface area contributed by atoms with Crippen molar-refractivity contribution in [1.29, 1.82) is 0 Å². The van der Waals surface area contributed by atoms with Crippen molar-refractivity contribution in [3.05, 3.63) is 166 Å². The molecule has 0 bridgehead atoms. The Hall–Kier alpha value is -7.16. The molecule has 0 spiro atoms. The lowest BCUT2D eigenvalue weighted by atomic mass is 9.68. The lowest BCUT2D eigenvalue weighted by Crippen LogP contribution is -2.39. The smallest absolute Gasteiger partial charge is 0.339 e. The summed E-state index contributed by atoms with van der Waals surface area (Å²) >= 11 is 0. The van der Waals surface area contributed by atoms with Gasteiger partial charge < -0.3 is 25.0 Å². The standard InChI is InChI=1S/C63H61NO6.CH4/c1-45-2-20-52(21-3-45)53-32-39-62(40-33-53,69-60(67)55-22-26-58(65)27-23-55)37-30-50-16-12-48(13-17-50)10-8-46-4-6-47(7-5-46)9-11-49-14-18-51(19-15-49)31-38-63(70-61(68)56-24-28-59(66)29-25-56)41-34-54(35-42-63)57-36-43-64-44-57;/h4-7,12-19,22-29,45,52-54,57,64-66H,2-3,20-21,32-36,39-44H2,1H3;1H4. The Labute approximate surface area is 421 Å². The van der Waals surface area contributed by atoms with Crippen molar-refractivity contribution >= 4 is 11.9 Å². The van der Waals surface area contributed by atoms with Crippen molar-refractivity contribution in [3.8, 4) is 58.9 Å². The minimum absolute atomic E-state index is 0. The third-order valence-electron chi connectivity index (χ3n) is 15.2. The summed E-state index contributed by atoms with van der Waals surface area (Å²) < 4.78 is 12.5. The fraction of sp³-hybridized carbons (Fsp3) is 0.375. The number of phenolic OH excluding ortho intramolecular Hbond substituents is 2. The molecule has 3 N–H and O–H groups in total. The van der Waals surface area contributed by atoms with Crippen LogP contribution in [0.3, 0.4) is 0 Å². The maximum Gasteiger partial charge on any atom is 0.339 e. The summed E-state index contributed by atoms with van der Waals surface area (Å²) in [7, 11) is 0. The number of rotatable bonds is 6. The summed E-state index contributed by atoms with van der Waals surface area (Å²) in [6.45, 7) is 4.48. The average Bonchev–Trinajstić information content (AvgIpc) is 3.94. The quantitative estimate of drug-likeness (QED) is 0.115. The lowest BCUT2D eigenvalue weighted by molar-refractivity contribution is -0.0196. The van der Waals surface area contributed by atoms with Gasteiger partial charge in [0, 0.05) is 33.4 Å². The molecule has 7 heteroatoms. The van der Waals surface area contributed by atoms with E-state index in [0.29, 0.717) is 54.6 Å². The summed E-state index contributed by atoms with van der Waals surface area (Å²) in [5, 5.41) is 23.0. The van der Waals surface area contributed by atoms with Gasteiger partial charge in [-0.3, -0.25) is 0 Å². The van der Waals surface area contributed by atoms with Gasteiger partial charge in [0.1, 0.15) is 11.5 Å². The number of hydrogen-bond donors (Lipinski definition) is 3. The monoisotopic (exact) mass is 943 g/mol. The molecule has 3 aliphatic carbocycles. The van der Waals surface area contributed by atoms with Gasteiger partial charge in [0.05, 0.1) is 11.1 Å². The number of carbonyl (C=O) groups is 2. The molecule has 0 aromatic heterocycles. The van der Waals surface area contributed by atoms with E-state index in [2.05, 4.69) is 59.6 Å². The van der Waals surface area contributed by atoms with E-state index < -0.39 is 23.1 Å². The number of ether oxygens (including phenoxy) is 2. The van der Waals surface area contributed by atoms with E-state index >= 15 is 0 Å². The van der Waals surface area contributed by atoms with E-state index in [0.717, 1.165) is 84.0 Å². The summed E-state index contributed by atoms with van der Waals surface area (Å²) in [5.74, 6) is 29.3. The molecule has 7 nitrogen and oxygen atoms in total. The molecule has 1 unspecified atom stereocenters. The molecule has 0 amide bonds. The van der Waals surface area contributed by atoms with Gasteiger partial charge in [0.2, 0.25) is 0 Å². The highest BCUT2D eigenvalue weighted by molar-refractivity contribution is 5.90. The highest BCUT2D eigenvalue weighted by atomic mass is 16.6. The molecular formula is C64H65NO6. The van der Waals surface area contributed by atoms with Crippen LogP contribution in [0.25, 0.3) is 0 Å². The Morgan fingerprint density at radius 3 is 1.11 bits per heavy atom. The molecule has 1 heterocycles. The van der Waals surface area contributed by atoms with Crippen LogP contribution in [0.4, 0.5) is 0 Å². The first kappa shape index (κ1) is 50.2. The number of esters is 2. The van der Waals surface area contributed by atoms with Crippen LogP contribution in [0.15, 0.2) is 121 Å². The summed E-state index contributed by atoms with van der Waals surface area (Å²) in [6.07, 6.45) is 13.1. The van der Waals surface area contributed by atoms with Crippen LogP contribution in [0.5, 0.6) is 11.5 Å². The zero-order valence-corrected chi connectivity index (χ0v) is 40.1. The molecule has 71 heavy (non-hydrogen) atoms. The molecule has 5 aromatic carbocycles. The summed E-state index contributed by atoms with van der Waals surface area (Å²) in [6, 6.07) is 36.0. The van der Waals surface area contributed by atoms with Crippen LogP contribution < -0.4 is 5.32 Å². The number of hydrogen-bond acceptors (Lipinski definition) is 7. The predicted octanol–water partition coefficient (Wildman–Crippen LogP) is 12.2. The van der Waals surface area contributed by atoms with Gasteiger partial charge in [-0.15, -0.1) is 0 Å². The second-order valence-electron chi connectivity index (χ2n) is 20.0. The highest BCUT2D eigenvalue weighted by Crippen LogP contribution is 2.44. The first-order valence-electron chi connectivity index (χ1n) is 25.2. The van der Waals surface area contributed by atoms with Crippen LogP contribution in [0.2, 0.25) is 0 Å². The van der Waals surface area contributed by atoms with Gasteiger partial charge in [0.15, 0.2) is 11.2 Å². The SMILES string of the molecule is C.CC1CCC(C2CCC(C#Cc3ccc(C#Cc4ccc(C#Cc5ccc(C#CC6(OC(=O)c7ccc(O)cc7)CCC(C7CCNC7)CC6)cc5)cc4)cc3)(OC(=O)c3ccc(O)cc3)CC2)CC1. The average molecular weight is 944 g/mol. The summed E-state index contributed by atoms with van der Waals surface area (Å²) in [5.41, 5.74) is 4.22. The topological polar surface area (TPSA) is 105 Å². The van der Waals surface area contributed by atoms with E-state index in [9.17, 15) is 19.8 Å². The minimum Gasteiger partial charge on any atom is -0.508 e. The van der Waals surface area contributed by atoms with Gasteiger partial charge in [-0.05, 0) is 246 Å². The van der Waals surface area contributed by atoms with E-state index in [1.807, 2.05) is 72.8 Å². The molecule has 3 saturated carbocycles. The van der Waals surface area contributed by atoms with E-state index in [-0.39, 0.29) is 18.9 Å². The first-order valence-corrected chi connectivity index (χ1v) is 25.2. The Bertz CT molecular complexity index is 2860. The third kappa shape index (κ3) is 13.4. The van der Waals surface area contributed by atoms with Crippen molar-refractivity contribution in [1.82, 2.24) is 5.32 Å². The molecular weight excluding hydrogens is 879 g/mol. The van der Waals surface area contributed by atoms with Crippen molar-refractivity contribution in [2.24, 2.45) is 29.6 Å². The second-order valence-corrected chi connectivity index (χ2v) is 20.0. The molecule has 4 fully saturated rings. The summed E-state index contributed by atoms with van der Waals surface area (Å²) in [4.78, 5) is 26.6. The highest BCUT2D eigenvalue weighted by Gasteiger charge is 2.42. The van der Waals surface area contributed by atoms with E-state index in [1.165, 1.54) is 56.4 Å². The fourth-order valence-electron chi connectivity index (χ4n) is 10.7. The van der Waals surface area contributed by atoms with Crippen molar-refractivity contribution in [2.75, 3.05) is 13.1 Å². The van der Waals surface area contributed by atoms with Gasteiger partial charge in [-0.2, -0.15) is 0 Å². The van der Waals surface area contributed by atoms with Crippen molar-refractivity contribution < 1.29 is 29.3 Å². The number of phenols is 2. The van der Waals surface area contributed by atoms with Crippen molar-refractivity contribution in [2.45, 2.75) is 109 Å². The van der Waals surface area contributed by atoms with Gasteiger partial charge in [0.25, 0.3) is 0 Å². The largest absolute Gasteiger partial charge is 0.508 e. The second kappa shape index (κ2) is 23.2. The van der Waals surface area contributed by atoms with Gasteiger partial charge in [-0.25, -0.2) is 9.59 Å². The third-order valence-corrected chi connectivity index (χ3v) is 15.2. The zero-order valence-electron chi connectivity index (χ0n) is 40.1. The molecule has 9 rings (SSSR count). The molecule has 362 valence electrons. The zero-order chi connectivity index (χ0) is 48.3. The van der Waals surface area contributed by atoms with Gasteiger partial charge >= 0.3 is 11.9 Å². The lowest BCUT2D eigenvalue weighted by Gasteiger charge is -2.40. The Kier molecular flexibility index (Phi) is 16.4. The predicted molar refractivity (Wildman–Crippen MR) is 280 cm³/mol. The molecule has 5 aromatic rings. The molecule has 4 aliphatic rings. The van der Waals surface area contributed by atoms with Crippen molar-refractivity contribution in [3.63, 3.8) is 0 Å². The van der Waals surface area contributed by atoms with Crippen LogP contribution in [0, 0.1) is 77.0 Å². The van der Waals surface area contributed by atoms with E-state index in [4.69, 9.17) is 9.47 Å². The van der Waals surface area contributed by atoms with Crippen LogP contribution in [-0.2, 0) is 9.47 Å². The number of benzene rings is 5. The normalized spacial score (nSPS) is 24.5. The maximum atomic E-state index is 13.4. The molecule has 1 atom stereocenters. The van der Waals surface area contributed by atoms with Crippen LogP contribution in [-0.4, -0.2) is 46.4 Å². The van der Waals surface area contributed by atoms with Crippen LogP contribution in [0.1, 0.15) is 152 Å². The molecule has 1 aliphatic heterocycles. The molecule has 0 radical (unpaired) electrons. The molecule has 1 saturated heterocycles. The van der Waals surface area contributed by atoms with E-state index in [1.54, 1.807) is 24.3 Å². The Morgan fingerprint density at radius 1 is 0.451 bits per heavy atom. The number of aromatic hydroxyl groups is 2. The van der Waals surface area contributed by atoms with Gasteiger partial charge in [-0.1, -0.05) is 62.7 Å². The van der Waals surface area contributed by atoms with Crippen LogP contribution >= 0.6 is 0 Å². The number of nitrogens with one attached hydrogen (secondary N) is 1. The maximum absolute atomic E-state index is 13.4. The first-order chi connectivity index (χ1) is 34.1. The fourth-order valence-corrected chi connectivity index (χ4v) is 10.7. The minimum atomic E-state index is -0.874. The Morgan fingerprint density at radius 2 is 0.775 bits per heavy atom. The Balaban J connectivity index is 0.00000676. The number of carbonyl (C=O) groups excluding carboxylic acids is 2.